The second kappa shape index (κ2) is 4.68. The van der Waals surface area contributed by atoms with Gasteiger partial charge in [0.1, 0.15) is 0 Å². The number of hydrogen-bond donors (Lipinski definition) is 1. The number of rotatable bonds is 1. The van der Waals surface area contributed by atoms with Crippen molar-refractivity contribution in [2.24, 2.45) is 0 Å². The molecule has 0 bridgehead atoms. The molecule has 19 heavy (non-hydrogen) atoms. The quantitative estimate of drug-likeness (QED) is 0.853. The highest BCUT2D eigenvalue weighted by Crippen LogP contribution is 2.23. The van der Waals surface area contributed by atoms with Crippen LogP contribution in [-0.2, 0) is 13.1 Å². The van der Waals surface area contributed by atoms with E-state index in [1.54, 1.807) is 4.90 Å². The van der Waals surface area contributed by atoms with Gasteiger partial charge in [-0.3, -0.25) is 4.98 Å². The summed E-state index contributed by atoms with van der Waals surface area (Å²) in [4.78, 5) is 17.3. The highest BCUT2D eigenvalue weighted by Gasteiger charge is 2.23. The predicted molar refractivity (Wildman–Crippen MR) is 68.9 cm³/mol. The maximum atomic E-state index is 13.4. The summed E-state index contributed by atoms with van der Waals surface area (Å²) in [5.41, 5.74) is 2.41. The van der Waals surface area contributed by atoms with Gasteiger partial charge in [0.25, 0.3) is 0 Å². The molecular weight excluding hydrogens is 245 g/mol. The molecule has 1 aromatic carbocycles. The lowest BCUT2D eigenvalue weighted by Crippen LogP contribution is -2.30. The van der Waals surface area contributed by atoms with Crippen molar-refractivity contribution < 1.29 is 9.18 Å². The zero-order valence-electron chi connectivity index (χ0n) is 10.1. The van der Waals surface area contributed by atoms with Crippen LogP contribution >= 0.6 is 0 Å². The third-order valence-electron chi connectivity index (χ3n) is 3.14. The number of hydrogen-bond acceptors (Lipinski definition) is 2. The standard InChI is InChI=1S/C14H12FN3O/c15-12-7-16-6-5-13(12)17-14(19)18-8-10-3-1-2-4-11(10)9-18/h1-7H,8-9H2,(H,16,17,19). The molecule has 1 aliphatic rings. The maximum Gasteiger partial charge on any atom is 0.322 e. The van der Waals surface area contributed by atoms with Crippen LogP contribution in [0, 0.1) is 5.82 Å². The van der Waals surface area contributed by atoms with Crippen molar-refractivity contribution in [3.05, 3.63) is 59.7 Å². The van der Waals surface area contributed by atoms with E-state index < -0.39 is 5.82 Å². The molecule has 0 saturated heterocycles. The first-order valence-electron chi connectivity index (χ1n) is 5.96. The molecule has 0 atom stereocenters. The molecule has 2 aromatic rings. The number of carbonyl (C=O) groups excluding carboxylic acids is 1. The molecule has 2 heterocycles. The molecule has 1 aromatic heterocycles. The second-order valence-electron chi connectivity index (χ2n) is 4.41. The summed E-state index contributed by atoms with van der Waals surface area (Å²) < 4.78 is 13.4. The van der Waals surface area contributed by atoms with E-state index in [1.165, 1.54) is 12.3 Å². The van der Waals surface area contributed by atoms with Crippen molar-refractivity contribution in [1.82, 2.24) is 9.88 Å². The smallest absolute Gasteiger partial charge is 0.316 e. The summed E-state index contributed by atoms with van der Waals surface area (Å²) in [5, 5.41) is 2.56. The lowest BCUT2D eigenvalue weighted by Gasteiger charge is -2.16. The molecule has 0 saturated carbocycles. The third kappa shape index (κ3) is 2.27. The average Bonchev–Trinajstić information content (AvgIpc) is 2.85. The zero-order valence-corrected chi connectivity index (χ0v) is 10.1. The normalized spacial score (nSPS) is 13.2. The molecule has 1 N–H and O–H groups in total. The van der Waals surface area contributed by atoms with Crippen LogP contribution in [-0.4, -0.2) is 15.9 Å². The van der Waals surface area contributed by atoms with Gasteiger partial charge in [-0.1, -0.05) is 24.3 Å². The molecule has 3 rings (SSSR count). The molecule has 0 spiro atoms. The molecular formula is C14H12FN3O. The lowest BCUT2D eigenvalue weighted by atomic mass is 10.1. The van der Waals surface area contributed by atoms with Gasteiger partial charge in [0.05, 0.1) is 11.9 Å². The fourth-order valence-electron chi connectivity index (χ4n) is 2.15. The van der Waals surface area contributed by atoms with Crippen molar-refractivity contribution in [1.29, 1.82) is 0 Å². The van der Waals surface area contributed by atoms with Gasteiger partial charge in [0, 0.05) is 19.3 Å². The van der Waals surface area contributed by atoms with Crippen LogP contribution in [0.5, 0.6) is 0 Å². The van der Waals surface area contributed by atoms with Crippen LogP contribution in [0.15, 0.2) is 42.7 Å². The average molecular weight is 257 g/mol. The fourth-order valence-corrected chi connectivity index (χ4v) is 2.15. The van der Waals surface area contributed by atoms with Gasteiger partial charge in [-0.25, -0.2) is 9.18 Å². The van der Waals surface area contributed by atoms with E-state index in [1.807, 2.05) is 24.3 Å². The Morgan fingerprint density at radius 3 is 2.53 bits per heavy atom. The summed E-state index contributed by atoms with van der Waals surface area (Å²) in [6, 6.07) is 9.02. The van der Waals surface area contributed by atoms with Gasteiger partial charge in [-0.15, -0.1) is 0 Å². The Balaban J connectivity index is 1.72. The molecule has 0 aliphatic carbocycles. The van der Waals surface area contributed by atoms with Crippen LogP contribution in [0.3, 0.4) is 0 Å². The maximum absolute atomic E-state index is 13.4. The SMILES string of the molecule is O=C(Nc1ccncc1F)N1Cc2ccccc2C1. The molecule has 0 fully saturated rings. The molecule has 0 unspecified atom stereocenters. The van der Waals surface area contributed by atoms with Crippen LogP contribution in [0.4, 0.5) is 14.9 Å². The first-order valence-corrected chi connectivity index (χ1v) is 5.96. The van der Waals surface area contributed by atoms with E-state index in [0.717, 1.165) is 17.3 Å². The number of anilines is 1. The Hall–Kier alpha value is -2.43. The number of carbonyl (C=O) groups is 1. The fraction of sp³-hybridized carbons (Fsp3) is 0.143. The summed E-state index contributed by atoms with van der Waals surface area (Å²) in [5.74, 6) is -0.535. The van der Waals surface area contributed by atoms with Gasteiger partial charge >= 0.3 is 6.03 Å². The first-order chi connectivity index (χ1) is 9.24. The Bertz CT molecular complexity index is 605. The Morgan fingerprint density at radius 1 is 1.21 bits per heavy atom. The van der Waals surface area contributed by atoms with Crippen molar-refractivity contribution in [2.75, 3.05) is 5.32 Å². The lowest BCUT2D eigenvalue weighted by molar-refractivity contribution is 0.212. The first kappa shape index (κ1) is 11.6. The minimum atomic E-state index is -0.535. The van der Waals surface area contributed by atoms with Crippen LogP contribution in [0.25, 0.3) is 0 Å². The van der Waals surface area contributed by atoms with E-state index in [-0.39, 0.29) is 11.7 Å². The number of urea groups is 1. The van der Waals surface area contributed by atoms with Crippen LogP contribution in [0.1, 0.15) is 11.1 Å². The summed E-state index contributed by atoms with van der Waals surface area (Å²) in [7, 11) is 0. The molecule has 1 aliphatic heterocycles. The summed E-state index contributed by atoms with van der Waals surface area (Å²) in [6.45, 7) is 1.10. The molecule has 96 valence electrons. The van der Waals surface area contributed by atoms with Gasteiger partial charge in [0.2, 0.25) is 0 Å². The van der Waals surface area contributed by atoms with E-state index >= 15 is 0 Å². The van der Waals surface area contributed by atoms with Crippen molar-refractivity contribution in [3.63, 3.8) is 0 Å². The highest BCUT2D eigenvalue weighted by atomic mass is 19.1. The van der Waals surface area contributed by atoms with Gasteiger partial charge < -0.3 is 10.2 Å². The van der Waals surface area contributed by atoms with Gasteiger partial charge in [-0.05, 0) is 17.2 Å². The molecule has 2 amide bonds. The monoisotopic (exact) mass is 257 g/mol. The van der Waals surface area contributed by atoms with Crippen molar-refractivity contribution in [3.8, 4) is 0 Å². The van der Waals surface area contributed by atoms with Gasteiger partial charge in [0.15, 0.2) is 5.82 Å². The number of aromatic nitrogens is 1. The van der Waals surface area contributed by atoms with Gasteiger partial charge in [-0.2, -0.15) is 0 Å². The van der Waals surface area contributed by atoms with E-state index in [0.29, 0.717) is 13.1 Å². The number of benzene rings is 1. The minimum absolute atomic E-state index is 0.149. The van der Waals surface area contributed by atoms with Crippen molar-refractivity contribution >= 4 is 11.7 Å². The number of fused-ring (bicyclic) bond motifs is 1. The zero-order chi connectivity index (χ0) is 13.2. The van der Waals surface area contributed by atoms with Crippen LogP contribution in [0.2, 0.25) is 0 Å². The van der Waals surface area contributed by atoms with Crippen molar-refractivity contribution in [2.45, 2.75) is 13.1 Å². The Morgan fingerprint density at radius 2 is 1.89 bits per heavy atom. The number of amides is 2. The number of nitrogens with one attached hydrogen (secondary N) is 1. The highest BCUT2D eigenvalue weighted by molar-refractivity contribution is 5.89. The number of nitrogens with zero attached hydrogens (tertiary/aromatic N) is 2. The topological polar surface area (TPSA) is 45.2 Å². The Kier molecular flexibility index (Phi) is 2.87. The Labute approximate surface area is 109 Å². The molecule has 5 heteroatoms. The summed E-state index contributed by atoms with van der Waals surface area (Å²) in [6.07, 6.45) is 2.52. The predicted octanol–water partition coefficient (Wildman–Crippen LogP) is 2.77. The second-order valence-corrected chi connectivity index (χ2v) is 4.41. The van der Waals surface area contributed by atoms with E-state index in [2.05, 4.69) is 10.3 Å². The number of pyridine rings is 1. The van der Waals surface area contributed by atoms with E-state index in [4.69, 9.17) is 0 Å². The largest absolute Gasteiger partial charge is 0.322 e. The third-order valence-corrected chi connectivity index (χ3v) is 3.14. The van der Waals surface area contributed by atoms with E-state index in [9.17, 15) is 9.18 Å². The minimum Gasteiger partial charge on any atom is -0.316 e. The van der Waals surface area contributed by atoms with Crippen LogP contribution < -0.4 is 5.32 Å². The molecule has 4 nitrogen and oxygen atoms in total. The molecule has 0 radical (unpaired) electrons. The summed E-state index contributed by atoms with van der Waals surface area (Å²) >= 11 is 0. The number of halogens is 1.